The molecule has 0 heterocycles. The molecule has 0 spiro atoms. The fourth-order valence-corrected chi connectivity index (χ4v) is 11.0. The van der Waals surface area contributed by atoms with Crippen molar-refractivity contribution in [1.82, 2.24) is 0 Å². The van der Waals surface area contributed by atoms with Crippen LogP contribution in [0.3, 0.4) is 0 Å². The van der Waals surface area contributed by atoms with Crippen LogP contribution < -0.4 is 0 Å². The van der Waals surface area contributed by atoms with E-state index in [0.717, 1.165) is 59.2 Å². The van der Waals surface area contributed by atoms with E-state index in [4.69, 9.17) is 0 Å². The minimum absolute atomic E-state index is 1.13. The van der Waals surface area contributed by atoms with Crippen molar-refractivity contribution in [3.8, 4) is 0 Å². The third kappa shape index (κ3) is 3.83. The van der Waals surface area contributed by atoms with E-state index in [1.54, 1.807) is 128 Å². The minimum atomic E-state index is 1.13. The van der Waals surface area contributed by atoms with Crippen LogP contribution >= 0.6 is 0 Å². The van der Waals surface area contributed by atoms with Crippen LogP contribution in [0, 0.1) is 59.2 Å². The Bertz CT molecular complexity index is 564. The molecule has 10 unspecified atom stereocenters. The van der Waals surface area contributed by atoms with Gasteiger partial charge in [0.1, 0.15) is 0 Å². The maximum absolute atomic E-state index is 1.63. The zero-order valence-corrected chi connectivity index (χ0v) is 19.9. The molecule has 0 bridgehead atoms. The normalized spacial score (nSPS) is 51.2. The molecule has 10 atom stereocenters. The van der Waals surface area contributed by atoms with Gasteiger partial charge in [-0.2, -0.15) is 0 Å². The van der Waals surface area contributed by atoms with Crippen LogP contribution in [0.25, 0.3) is 0 Å². The highest BCUT2D eigenvalue weighted by Crippen LogP contribution is 2.57. The Morgan fingerprint density at radius 2 is 0.900 bits per heavy atom. The molecule has 0 heteroatoms. The third-order valence-electron chi connectivity index (χ3n) is 12.2. The molecule has 0 aliphatic heterocycles. The van der Waals surface area contributed by atoms with E-state index in [2.05, 4.69) is 0 Å². The lowest BCUT2D eigenvalue weighted by Gasteiger charge is -2.39. The molecule has 0 aromatic rings. The molecule has 6 aliphatic carbocycles. The molecular weight excluding hydrogens is 360 g/mol. The van der Waals surface area contributed by atoms with Gasteiger partial charge in [-0.15, -0.1) is 0 Å². The number of fused-ring (bicyclic) bond motifs is 6. The quantitative estimate of drug-likeness (QED) is 0.435. The van der Waals surface area contributed by atoms with Crippen molar-refractivity contribution in [2.45, 2.75) is 128 Å². The fourth-order valence-electron chi connectivity index (χ4n) is 11.0. The zero-order chi connectivity index (χ0) is 19.9. The molecule has 0 radical (unpaired) electrons. The van der Waals surface area contributed by atoms with Crippen LogP contribution in [0.15, 0.2) is 0 Å². The largest absolute Gasteiger partial charge is 0.0530 e. The smallest absolute Gasteiger partial charge is 0.0326 e. The van der Waals surface area contributed by atoms with Crippen molar-refractivity contribution in [2.24, 2.45) is 59.2 Å². The van der Waals surface area contributed by atoms with Gasteiger partial charge in [-0.25, -0.2) is 0 Å². The summed E-state index contributed by atoms with van der Waals surface area (Å²) in [4.78, 5) is 0. The van der Waals surface area contributed by atoms with Crippen LogP contribution in [0.4, 0.5) is 0 Å². The molecular formula is C30H50. The second-order valence-corrected chi connectivity index (χ2v) is 13.2. The van der Waals surface area contributed by atoms with Gasteiger partial charge in [0.15, 0.2) is 0 Å². The summed E-state index contributed by atoms with van der Waals surface area (Å²) in [5, 5.41) is 0. The maximum Gasteiger partial charge on any atom is -0.0326 e. The first kappa shape index (κ1) is 20.6. The van der Waals surface area contributed by atoms with Gasteiger partial charge in [0.05, 0.1) is 0 Å². The minimum Gasteiger partial charge on any atom is -0.0530 e. The van der Waals surface area contributed by atoms with Crippen molar-refractivity contribution in [2.75, 3.05) is 0 Å². The lowest BCUT2D eigenvalue weighted by atomic mass is 9.66. The lowest BCUT2D eigenvalue weighted by Crippen LogP contribution is -2.31. The fraction of sp³-hybridized carbons (Fsp3) is 1.00. The lowest BCUT2D eigenvalue weighted by molar-refractivity contribution is 0.103. The highest BCUT2D eigenvalue weighted by atomic mass is 14.5. The van der Waals surface area contributed by atoms with Gasteiger partial charge in [-0.3, -0.25) is 0 Å². The van der Waals surface area contributed by atoms with Gasteiger partial charge in [-0.1, -0.05) is 70.6 Å². The first-order chi connectivity index (χ1) is 14.9. The Kier molecular flexibility index (Phi) is 6.24. The van der Waals surface area contributed by atoms with Gasteiger partial charge >= 0.3 is 0 Å². The number of hydrogen-bond donors (Lipinski definition) is 0. The highest BCUT2D eigenvalue weighted by molar-refractivity contribution is 4.97. The monoisotopic (exact) mass is 410 g/mol. The number of hydrogen-bond acceptors (Lipinski definition) is 0. The van der Waals surface area contributed by atoms with Crippen LogP contribution in [-0.2, 0) is 0 Å². The summed E-state index contributed by atoms with van der Waals surface area (Å²) in [7, 11) is 0. The van der Waals surface area contributed by atoms with Crippen molar-refractivity contribution in [3.05, 3.63) is 0 Å². The average Bonchev–Trinajstić information content (AvgIpc) is 3.25. The molecule has 0 aromatic heterocycles. The molecule has 6 aliphatic rings. The Hall–Kier alpha value is 0. The highest BCUT2D eigenvalue weighted by Gasteiger charge is 2.47. The molecule has 170 valence electrons. The predicted molar refractivity (Wildman–Crippen MR) is 127 cm³/mol. The Labute approximate surface area is 187 Å². The van der Waals surface area contributed by atoms with Gasteiger partial charge < -0.3 is 0 Å². The third-order valence-corrected chi connectivity index (χ3v) is 12.2. The second-order valence-electron chi connectivity index (χ2n) is 13.2. The van der Waals surface area contributed by atoms with E-state index in [-0.39, 0.29) is 0 Å². The molecule has 0 saturated heterocycles. The molecule has 6 fully saturated rings. The van der Waals surface area contributed by atoms with Crippen LogP contribution in [0.2, 0.25) is 0 Å². The van der Waals surface area contributed by atoms with Crippen molar-refractivity contribution < 1.29 is 0 Å². The summed E-state index contributed by atoms with van der Waals surface area (Å²) in [6, 6.07) is 0. The van der Waals surface area contributed by atoms with Gasteiger partial charge in [0.25, 0.3) is 0 Å². The summed E-state index contributed by atoms with van der Waals surface area (Å²) >= 11 is 0. The summed E-state index contributed by atoms with van der Waals surface area (Å²) < 4.78 is 0. The van der Waals surface area contributed by atoms with E-state index >= 15 is 0 Å². The first-order valence-electron chi connectivity index (χ1n) is 14.9. The molecule has 30 heavy (non-hydrogen) atoms. The molecule has 6 rings (SSSR count). The van der Waals surface area contributed by atoms with Crippen molar-refractivity contribution >= 4 is 0 Å². The molecule has 0 N–H and O–H groups in total. The van der Waals surface area contributed by atoms with E-state index in [9.17, 15) is 0 Å². The van der Waals surface area contributed by atoms with Crippen LogP contribution in [0.5, 0.6) is 0 Å². The van der Waals surface area contributed by atoms with E-state index < -0.39 is 0 Å². The summed E-state index contributed by atoms with van der Waals surface area (Å²) in [6.45, 7) is 0. The molecule has 0 aromatic carbocycles. The van der Waals surface area contributed by atoms with E-state index in [1.165, 1.54) is 0 Å². The number of rotatable bonds is 3. The van der Waals surface area contributed by atoms with Crippen molar-refractivity contribution in [3.63, 3.8) is 0 Å². The summed E-state index contributed by atoms with van der Waals surface area (Å²) in [5.74, 6) is 11.4. The van der Waals surface area contributed by atoms with Gasteiger partial charge in [0.2, 0.25) is 0 Å². The van der Waals surface area contributed by atoms with Crippen molar-refractivity contribution in [1.29, 1.82) is 0 Å². The predicted octanol–water partition coefficient (Wildman–Crippen LogP) is 9.03. The first-order valence-corrected chi connectivity index (χ1v) is 14.9. The van der Waals surface area contributed by atoms with E-state index in [0.29, 0.717) is 0 Å². The van der Waals surface area contributed by atoms with Gasteiger partial charge in [-0.05, 0) is 117 Å². The SMILES string of the molecule is C1CCC2C(C1)CCCC1C(CCC3CCC4CCCC5CCCCC5C43)CCC21. The van der Waals surface area contributed by atoms with Gasteiger partial charge in [0, 0.05) is 0 Å². The van der Waals surface area contributed by atoms with Crippen LogP contribution in [-0.4, -0.2) is 0 Å². The topological polar surface area (TPSA) is 0 Å². The second kappa shape index (κ2) is 9.09. The Morgan fingerprint density at radius 1 is 0.333 bits per heavy atom. The average molecular weight is 411 g/mol. The summed E-state index contributed by atoms with van der Waals surface area (Å²) in [5.41, 5.74) is 0. The zero-order valence-electron chi connectivity index (χ0n) is 19.9. The van der Waals surface area contributed by atoms with E-state index in [1.807, 2.05) is 0 Å². The Balaban J connectivity index is 1.11. The molecule has 0 amide bonds. The molecule has 0 nitrogen and oxygen atoms in total. The molecule has 6 saturated carbocycles. The summed E-state index contributed by atoms with van der Waals surface area (Å²) in [6.07, 6.45) is 31.9. The Morgan fingerprint density at radius 3 is 1.77 bits per heavy atom. The maximum atomic E-state index is 1.63. The standard InChI is InChI=1S/C30H50/c1-3-12-26-21(7-1)10-6-14-27-23(19-20-29(26)27)15-16-25-18-17-24-11-5-9-22-8-2-4-13-28(22)30(24)25/h21-30H,1-20H2. The van der Waals surface area contributed by atoms with Crippen LogP contribution in [0.1, 0.15) is 128 Å².